The lowest BCUT2D eigenvalue weighted by Gasteiger charge is -2.28. The van der Waals surface area contributed by atoms with Crippen LogP contribution >= 0.6 is 0 Å². The first-order valence-corrected chi connectivity index (χ1v) is 5.67. The van der Waals surface area contributed by atoms with Crippen molar-refractivity contribution in [2.24, 2.45) is 12.8 Å². The summed E-state index contributed by atoms with van der Waals surface area (Å²) in [7, 11) is 1.72. The van der Waals surface area contributed by atoms with Gasteiger partial charge in [-0.1, -0.05) is 12.8 Å². The molecule has 1 aliphatic carbocycles. The molecule has 0 spiro atoms. The molecule has 5 nitrogen and oxygen atoms in total. The molecule has 0 aromatic carbocycles. The van der Waals surface area contributed by atoms with Gasteiger partial charge in [0, 0.05) is 26.0 Å². The van der Waals surface area contributed by atoms with Gasteiger partial charge in [0.25, 0.3) is 5.56 Å². The fourth-order valence-corrected chi connectivity index (χ4v) is 2.27. The van der Waals surface area contributed by atoms with E-state index < -0.39 is 0 Å². The van der Waals surface area contributed by atoms with Gasteiger partial charge < -0.3 is 15.6 Å². The van der Waals surface area contributed by atoms with Crippen LogP contribution in [0.15, 0.2) is 17.2 Å². The van der Waals surface area contributed by atoms with E-state index in [1.54, 1.807) is 19.4 Å². The molecule has 16 heavy (non-hydrogen) atoms. The minimum Gasteiger partial charge on any atom is -0.359 e. The van der Waals surface area contributed by atoms with E-state index in [1.165, 1.54) is 4.57 Å². The van der Waals surface area contributed by atoms with E-state index in [2.05, 4.69) is 10.3 Å². The second-order valence-corrected chi connectivity index (χ2v) is 4.51. The number of nitrogens with one attached hydrogen (secondary N) is 1. The molecule has 3 N–H and O–H groups in total. The van der Waals surface area contributed by atoms with Gasteiger partial charge in [0.15, 0.2) is 5.82 Å². The molecule has 0 unspecified atom stereocenters. The average Bonchev–Trinajstić information content (AvgIpc) is 2.74. The minimum atomic E-state index is -0.124. The molecule has 1 aromatic rings. The Balaban J connectivity index is 2.26. The summed E-state index contributed by atoms with van der Waals surface area (Å²) in [5.41, 5.74) is 5.59. The van der Waals surface area contributed by atoms with E-state index in [4.69, 9.17) is 5.73 Å². The zero-order chi connectivity index (χ0) is 11.6. The summed E-state index contributed by atoms with van der Waals surface area (Å²) in [6.07, 6.45) is 7.64. The topological polar surface area (TPSA) is 72.9 Å². The van der Waals surface area contributed by atoms with Crippen LogP contribution in [0.4, 0.5) is 5.82 Å². The van der Waals surface area contributed by atoms with Crippen molar-refractivity contribution in [3.05, 3.63) is 22.7 Å². The molecule has 5 heteroatoms. The molecule has 1 aliphatic rings. The molecular weight excluding hydrogens is 204 g/mol. The Kier molecular flexibility index (Phi) is 2.96. The third-order valence-electron chi connectivity index (χ3n) is 3.35. The van der Waals surface area contributed by atoms with E-state index >= 15 is 0 Å². The first-order chi connectivity index (χ1) is 7.67. The third kappa shape index (κ3) is 1.95. The second-order valence-electron chi connectivity index (χ2n) is 4.51. The number of anilines is 1. The normalized spacial score (nSPS) is 18.6. The van der Waals surface area contributed by atoms with E-state index in [0.717, 1.165) is 25.7 Å². The van der Waals surface area contributed by atoms with Crippen molar-refractivity contribution in [1.82, 2.24) is 9.55 Å². The predicted octanol–water partition coefficient (Wildman–Crippen LogP) is 0.464. The Morgan fingerprint density at radius 3 is 2.88 bits per heavy atom. The Morgan fingerprint density at radius 2 is 2.25 bits per heavy atom. The monoisotopic (exact) mass is 222 g/mol. The first kappa shape index (κ1) is 11.1. The molecule has 0 aliphatic heterocycles. The fourth-order valence-electron chi connectivity index (χ4n) is 2.27. The average molecular weight is 222 g/mol. The summed E-state index contributed by atoms with van der Waals surface area (Å²) in [4.78, 5) is 15.9. The van der Waals surface area contributed by atoms with Crippen molar-refractivity contribution < 1.29 is 0 Å². The van der Waals surface area contributed by atoms with Crippen LogP contribution in [0.25, 0.3) is 0 Å². The molecule has 0 amide bonds. The zero-order valence-corrected chi connectivity index (χ0v) is 9.57. The van der Waals surface area contributed by atoms with Crippen molar-refractivity contribution in [3.8, 4) is 0 Å². The molecule has 1 heterocycles. The van der Waals surface area contributed by atoms with Crippen molar-refractivity contribution in [1.29, 1.82) is 0 Å². The largest absolute Gasteiger partial charge is 0.359 e. The number of nitrogens with two attached hydrogens (primary N) is 1. The van der Waals surface area contributed by atoms with Gasteiger partial charge in [0.2, 0.25) is 0 Å². The maximum absolute atomic E-state index is 11.8. The van der Waals surface area contributed by atoms with Crippen LogP contribution in [0, 0.1) is 0 Å². The van der Waals surface area contributed by atoms with E-state index in [-0.39, 0.29) is 11.1 Å². The van der Waals surface area contributed by atoms with Gasteiger partial charge in [0.05, 0.1) is 5.54 Å². The van der Waals surface area contributed by atoms with Crippen LogP contribution in [-0.2, 0) is 7.05 Å². The molecule has 2 rings (SSSR count). The highest BCUT2D eigenvalue weighted by Crippen LogP contribution is 2.30. The predicted molar refractivity (Wildman–Crippen MR) is 63.4 cm³/mol. The van der Waals surface area contributed by atoms with Gasteiger partial charge in [-0.15, -0.1) is 0 Å². The number of aryl methyl sites for hydroxylation is 1. The summed E-state index contributed by atoms with van der Waals surface area (Å²) in [5.74, 6) is 0.414. The molecule has 1 saturated carbocycles. The highest BCUT2D eigenvalue weighted by molar-refractivity contribution is 5.35. The molecule has 1 fully saturated rings. The third-order valence-corrected chi connectivity index (χ3v) is 3.35. The molecule has 0 saturated heterocycles. The lowest BCUT2D eigenvalue weighted by atomic mass is 9.98. The van der Waals surface area contributed by atoms with Crippen LogP contribution in [-0.4, -0.2) is 21.6 Å². The van der Waals surface area contributed by atoms with Crippen LogP contribution in [0.3, 0.4) is 0 Å². The molecular formula is C11H18N4O. The highest BCUT2D eigenvalue weighted by atomic mass is 16.1. The van der Waals surface area contributed by atoms with Crippen LogP contribution in [0.2, 0.25) is 0 Å². The van der Waals surface area contributed by atoms with Crippen LogP contribution < -0.4 is 16.6 Å². The van der Waals surface area contributed by atoms with Crippen molar-refractivity contribution in [2.45, 2.75) is 31.2 Å². The second kappa shape index (κ2) is 4.25. The van der Waals surface area contributed by atoms with E-state index in [0.29, 0.717) is 12.4 Å². The van der Waals surface area contributed by atoms with Crippen LogP contribution in [0.5, 0.6) is 0 Å². The van der Waals surface area contributed by atoms with Gasteiger partial charge in [-0.2, -0.15) is 0 Å². The Morgan fingerprint density at radius 1 is 1.56 bits per heavy atom. The van der Waals surface area contributed by atoms with Gasteiger partial charge in [-0.3, -0.25) is 4.79 Å². The molecule has 1 aromatic heterocycles. The summed E-state index contributed by atoms with van der Waals surface area (Å²) in [6.45, 7) is 0.548. The smallest absolute Gasteiger partial charge is 0.293 e. The van der Waals surface area contributed by atoms with Crippen LogP contribution in [0.1, 0.15) is 25.7 Å². The number of hydrogen-bond acceptors (Lipinski definition) is 4. The quantitative estimate of drug-likeness (QED) is 0.779. The zero-order valence-electron chi connectivity index (χ0n) is 9.57. The SMILES string of the molecule is Cn1ccnc(NC2(CN)CCCC2)c1=O. The van der Waals surface area contributed by atoms with Crippen molar-refractivity contribution in [2.75, 3.05) is 11.9 Å². The molecule has 88 valence electrons. The maximum atomic E-state index is 11.8. The van der Waals surface area contributed by atoms with Gasteiger partial charge in [-0.25, -0.2) is 4.98 Å². The van der Waals surface area contributed by atoms with Crippen molar-refractivity contribution >= 4 is 5.82 Å². The maximum Gasteiger partial charge on any atom is 0.293 e. The Bertz CT molecular complexity index is 420. The number of rotatable bonds is 3. The number of hydrogen-bond donors (Lipinski definition) is 2. The van der Waals surface area contributed by atoms with Gasteiger partial charge in [0.1, 0.15) is 0 Å². The number of aromatic nitrogens is 2. The Hall–Kier alpha value is -1.36. The summed E-state index contributed by atoms with van der Waals surface area (Å²) < 4.78 is 1.52. The van der Waals surface area contributed by atoms with Gasteiger partial charge >= 0.3 is 0 Å². The summed E-state index contributed by atoms with van der Waals surface area (Å²) in [5, 5.41) is 3.24. The minimum absolute atomic E-state index is 0.0952. The fraction of sp³-hybridized carbons (Fsp3) is 0.636. The van der Waals surface area contributed by atoms with Crippen molar-refractivity contribution in [3.63, 3.8) is 0 Å². The molecule has 0 atom stereocenters. The van der Waals surface area contributed by atoms with Gasteiger partial charge in [-0.05, 0) is 12.8 Å². The summed E-state index contributed by atoms with van der Waals surface area (Å²) >= 11 is 0. The first-order valence-electron chi connectivity index (χ1n) is 5.67. The lowest BCUT2D eigenvalue weighted by Crippen LogP contribution is -2.44. The standard InChI is InChI=1S/C11H18N4O/c1-15-7-6-13-9(10(15)16)14-11(8-12)4-2-3-5-11/h6-7H,2-5,8,12H2,1H3,(H,13,14). The highest BCUT2D eigenvalue weighted by Gasteiger charge is 2.33. The Labute approximate surface area is 94.7 Å². The summed E-state index contributed by atoms with van der Waals surface area (Å²) in [6, 6.07) is 0. The molecule has 0 radical (unpaired) electrons. The lowest BCUT2D eigenvalue weighted by molar-refractivity contribution is 0.489. The van der Waals surface area contributed by atoms with E-state index in [9.17, 15) is 4.79 Å². The van der Waals surface area contributed by atoms with E-state index in [1.807, 2.05) is 0 Å². The number of nitrogens with zero attached hydrogens (tertiary/aromatic N) is 2. The molecule has 0 bridgehead atoms.